The number of rotatable bonds is 8. The monoisotopic (exact) mass is 329 g/mol. The van der Waals surface area contributed by atoms with E-state index in [1.165, 1.54) is 0 Å². The van der Waals surface area contributed by atoms with Crippen LogP contribution in [-0.2, 0) is 29.1 Å². The molecule has 7 nitrogen and oxygen atoms in total. The fourth-order valence-corrected chi connectivity index (χ4v) is 2.08. The number of carboxylic acid groups (broad SMARTS) is 1. The summed E-state index contributed by atoms with van der Waals surface area (Å²) in [5.74, 6) is -1.15. The molecule has 1 aromatic heterocycles. The van der Waals surface area contributed by atoms with E-state index in [0.29, 0.717) is 12.2 Å². The summed E-state index contributed by atoms with van der Waals surface area (Å²) in [5, 5.41) is 11.6. The Morgan fingerprint density at radius 2 is 2.12 bits per heavy atom. The molecule has 1 atom stereocenters. The number of alkyl carbamates (subject to hydrolysis) is 1. The van der Waals surface area contributed by atoms with Crippen LogP contribution in [0.25, 0.3) is 0 Å². The van der Waals surface area contributed by atoms with Crippen LogP contribution in [0.3, 0.4) is 0 Å². The number of hydrogen-bond donors (Lipinski definition) is 2. The van der Waals surface area contributed by atoms with Gasteiger partial charge in [0.1, 0.15) is 12.6 Å². The molecule has 1 aromatic carbocycles. The molecule has 0 aliphatic carbocycles. The molecule has 1 unspecified atom stereocenters. The van der Waals surface area contributed by atoms with E-state index in [2.05, 4.69) is 16.9 Å². The third-order valence-electron chi connectivity index (χ3n) is 3.24. The van der Waals surface area contributed by atoms with Gasteiger partial charge in [0.25, 0.3) is 0 Å². The fraction of sp³-hybridized carbons (Fsp3) is 0.235. The quantitative estimate of drug-likeness (QED) is 0.723. The Hall–Kier alpha value is -3.09. The highest BCUT2D eigenvalue weighted by molar-refractivity contribution is 5.80. The zero-order valence-electron chi connectivity index (χ0n) is 13.1. The molecule has 2 N–H and O–H groups in total. The van der Waals surface area contributed by atoms with Gasteiger partial charge in [-0.3, -0.25) is 0 Å². The molecule has 1 amide bonds. The molecule has 0 saturated heterocycles. The summed E-state index contributed by atoms with van der Waals surface area (Å²) in [7, 11) is 0. The summed E-state index contributed by atoms with van der Waals surface area (Å²) in [5.41, 5.74) is 1.38. The van der Waals surface area contributed by atoms with Crippen molar-refractivity contribution in [1.82, 2.24) is 14.9 Å². The lowest BCUT2D eigenvalue weighted by Crippen LogP contribution is -2.42. The third-order valence-corrected chi connectivity index (χ3v) is 3.24. The van der Waals surface area contributed by atoms with Gasteiger partial charge in [0.2, 0.25) is 0 Å². The normalized spacial score (nSPS) is 11.5. The highest BCUT2D eigenvalue weighted by atomic mass is 16.5. The molecule has 0 radical (unpaired) electrons. The first-order chi connectivity index (χ1) is 11.6. The van der Waals surface area contributed by atoms with Crippen molar-refractivity contribution in [3.63, 3.8) is 0 Å². The molecule has 7 heteroatoms. The van der Waals surface area contributed by atoms with Gasteiger partial charge < -0.3 is 19.7 Å². The summed E-state index contributed by atoms with van der Waals surface area (Å²) >= 11 is 0. The van der Waals surface area contributed by atoms with Crippen LogP contribution >= 0.6 is 0 Å². The smallest absolute Gasteiger partial charge is 0.408 e. The maximum atomic E-state index is 11.8. The van der Waals surface area contributed by atoms with Crippen LogP contribution in [0.15, 0.2) is 55.5 Å². The number of carbonyl (C=O) groups is 2. The number of hydrogen-bond acceptors (Lipinski definition) is 4. The van der Waals surface area contributed by atoms with Gasteiger partial charge in [0.05, 0.1) is 12.0 Å². The van der Waals surface area contributed by atoms with Crippen molar-refractivity contribution in [2.45, 2.75) is 25.6 Å². The Morgan fingerprint density at radius 1 is 1.38 bits per heavy atom. The van der Waals surface area contributed by atoms with E-state index in [1.54, 1.807) is 23.2 Å². The molecule has 126 valence electrons. The number of carboxylic acids is 1. The number of nitrogens with one attached hydrogen (secondary N) is 1. The number of amides is 1. The standard InChI is InChI=1S/C17H19N3O4/c1-2-8-20-10-14(18-12-20)9-15(16(21)22)19-17(23)24-11-13-6-4-3-5-7-13/h2-7,10,12,15H,1,8-9,11H2,(H,19,23)(H,21,22). The second kappa shape index (κ2) is 8.52. The predicted octanol–water partition coefficient (Wildman–Crippen LogP) is 1.99. The van der Waals surface area contributed by atoms with Gasteiger partial charge in [-0.15, -0.1) is 6.58 Å². The average Bonchev–Trinajstić information content (AvgIpc) is 3.01. The number of benzene rings is 1. The first-order valence-corrected chi connectivity index (χ1v) is 7.40. The largest absolute Gasteiger partial charge is 0.480 e. The van der Waals surface area contributed by atoms with Crippen LogP contribution in [0.2, 0.25) is 0 Å². The van der Waals surface area contributed by atoms with Gasteiger partial charge >= 0.3 is 12.1 Å². The first-order valence-electron chi connectivity index (χ1n) is 7.40. The molecule has 1 heterocycles. The lowest BCUT2D eigenvalue weighted by Gasteiger charge is -2.13. The summed E-state index contributed by atoms with van der Waals surface area (Å²) < 4.78 is 6.81. The van der Waals surface area contributed by atoms with Crippen molar-refractivity contribution in [3.8, 4) is 0 Å². The molecule has 0 saturated carbocycles. The van der Waals surface area contributed by atoms with E-state index < -0.39 is 18.1 Å². The zero-order chi connectivity index (χ0) is 17.4. The van der Waals surface area contributed by atoms with Crippen molar-refractivity contribution in [3.05, 3.63) is 66.8 Å². The SMILES string of the molecule is C=CCn1cnc(CC(NC(=O)OCc2ccccc2)C(=O)O)c1. The molecular formula is C17H19N3O4. The van der Waals surface area contributed by atoms with Crippen LogP contribution in [-0.4, -0.2) is 32.8 Å². The molecule has 2 aromatic rings. The van der Waals surface area contributed by atoms with Gasteiger partial charge in [-0.1, -0.05) is 36.4 Å². The first kappa shape index (κ1) is 17.3. The van der Waals surface area contributed by atoms with Crippen molar-refractivity contribution in [1.29, 1.82) is 0 Å². The average molecular weight is 329 g/mol. The van der Waals surface area contributed by atoms with Crippen LogP contribution in [0.4, 0.5) is 4.79 Å². The minimum Gasteiger partial charge on any atom is -0.480 e. The lowest BCUT2D eigenvalue weighted by molar-refractivity contribution is -0.139. The molecule has 24 heavy (non-hydrogen) atoms. The van der Waals surface area contributed by atoms with E-state index >= 15 is 0 Å². The van der Waals surface area contributed by atoms with Gasteiger partial charge in [0, 0.05) is 19.2 Å². The molecule has 2 rings (SSSR count). The molecular weight excluding hydrogens is 310 g/mol. The van der Waals surface area contributed by atoms with E-state index in [9.17, 15) is 14.7 Å². The summed E-state index contributed by atoms with van der Waals surface area (Å²) in [6, 6.07) is 8.03. The second-order valence-electron chi connectivity index (χ2n) is 5.15. The molecule has 0 aliphatic heterocycles. The Balaban J connectivity index is 1.88. The summed E-state index contributed by atoms with van der Waals surface area (Å²) in [6.45, 7) is 4.28. The maximum Gasteiger partial charge on any atom is 0.408 e. The number of carbonyl (C=O) groups excluding carboxylic acids is 1. The Bertz CT molecular complexity index is 697. The highest BCUT2D eigenvalue weighted by Crippen LogP contribution is 2.04. The van der Waals surface area contributed by atoms with E-state index in [0.717, 1.165) is 5.56 Å². The highest BCUT2D eigenvalue weighted by Gasteiger charge is 2.22. The maximum absolute atomic E-state index is 11.8. The number of ether oxygens (including phenoxy) is 1. The van der Waals surface area contributed by atoms with Crippen molar-refractivity contribution < 1.29 is 19.4 Å². The zero-order valence-corrected chi connectivity index (χ0v) is 13.1. The van der Waals surface area contributed by atoms with Gasteiger partial charge in [0.15, 0.2) is 0 Å². The summed E-state index contributed by atoms with van der Waals surface area (Å²) in [4.78, 5) is 27.2. The van der Waals surface area contributed by atoms with Crippen LogP contribution in [0.5, 0.6) is 0 Å². The lowest BCUT2D eigenvalue weighted by atomic mass is 10.2. The number of aromatic nitrogens is 2. The Labute approximate surface area is 139 Å². The second-order valence-corrected chi connectivity index (χ2v) is 5.15. The van der Waals surface area contributed by atoms with Crippen molar-refractivity contribution in [2.75, 3.05) is 0 Å². The third kappa shape index (κ3) is 5.28. The number of allylic oxidation sites excluding steroid dienone is 1. The van der Waals surface area contributed by atoms with Gasteiger partial charge in [-0.2, -0.15) is 0 Å². The summed E-state index contributed by atoms with van der Waals surface area (Å²) in [6.07, 6.45) is 4.30. The Morgan fingerprint density at radius 3 is 2.79 bits per heavy atom. The van der Waals surface area contributed by atoms with Crippen LogP contribution in [0.1, 0.15) is 11.3 Å². The van der Waals surface area contributed by atoms with Crippen LogP contribution in [0, 0.1) is 0 Å². The number of imidazole rings is 1. The van der Waals surface area contributed by atoms with E-state index in [-0.39, 0.29) is 13.0 Å². The van der Waals surface area contributed by atoms with Crippen LogP contribution < -0.4 is 5.32 Å². The topological polar surface area (TPSA) is 93.5 Å². The number of aliphatic carboxylic acids is 1. The molecule has 0 fully saturated rings. The van der Waals surface area contributed by atoms with Gasteiger partial charge in [-0.05, 0) is 5.56 Å². The molecule has 0 bridgehead atoms. The van der Waals surface area contributed by atoms with Gasteiger partial charge in [-0.25, -0.2) is 14.6 Å². The van der Waals surface area contributed by atoms with Crippen molar-refractivity contribution in [2.24, 2.45) is 0 Å². The number of nitrogens with zero attached hydrogens (tertiary/aromatic N) is 2. The Kier molecular flexibility index (Phi) is 6.13. The predicted molar refractivity (Wildman–Crippen MR) is 87.3 cm³/mol. The van der Waals surface area contributed by atoms with E-state index in [1.807, 2.05) is 30.3 Å². The minimum absolute atomic E-state index is 0.0694. The van der Waals surface area contributed by atoms with E-state index in [4.69, 9.17) is 4.74 Å². The fourth-order valence-electron chi connectivity index (χ4n) is 2.08. The molecule has 0 spiro atoms. The minimum atomic E-state index is -1.15. The van der Waals surface area contributed by atoms with Crippen molar-refractivity contribution >= 4 is 12.1 Å². The molecule has 0 aliphatic rings.